The third kappa shape index (κ3) is 3.44. The SMILES string of the molecule is CCOC(=O)C1(C(=O)OCC)[C@H](c2ccc(C)cc2)[C@@H]1S(=O)(=O)c1ccccc1. The lowest BCUT2D eigenvalue weighted by molar-refractivity contribution is -0.164. The van der Waals surface area contributed by atoms with Gasteiger partial charge in [-0.1, -0.05) is 48.0 Å². The summed E-state index contributed by atoms with van der Waals surface area (Å²) in [4.78, 5) is 26.0. The molecule has 0 aliphatic heterocycles. The number of hydrogen-bond donors (Lipinski definition) is 0. The molecule has 0 saturated heterocycles. The summed E-state index contributed by atoms with van der Waals surface area (Å²) in [6.45, 7) is 5.18. The van der Waals surface area contributed by atoms with E-state index in [1.807, 2.05) is 19.1 Å². The van der Waals surface area contributed by atoms with Crippen LogP contribution in [0.2, 0.25) is 0 Å². The van der Waals surface area contributed by atoms with E-state index in [-0.39, 0.29) is 18.1 Å². The van der Waals surface area contributed by atoms with Crippen LogP contribution in [-0.4, -0.2) is 38.8 Å². The minimum atomic E-state index is -4.01. The third-order valence-corrected chi connectivity index (χ3v) is 7.44. The van der Waals surface area contributed by atoms with E-state index < -0.39 is 38.4 Å². The Morgan fingerprint density at radius 1 is 0.897 bits per heavy atom. The maximum absolute atomic E-state index is 13.5. The van der Waals surface area contributed by atoms with E-state index in [4.69, 9.17) is 9.47 Å². The van der Waals surface area contributed by atoms with E-state index in [0.717, 1.165) is 5.56 Å². The van der Waals surface area contributed by atoms with Crippen LogP contribution < -0.4 is 0 Å². The highest BCUT2D eigenvalue weighted by atomic mass is 32.2. The molecule has 2 aromatic carbocycles. The molecular formula is C22H24O6S. The monoisotopic (exact) mass is 416 g/mol. The summed E-state index contributed by atoms with van der Waals surface area (Å²) in [6, 6.07) is 15.0. The van der Waals surface area contributed by atoms with Gasteiger partial charge in [0.05, 0.1) is 18.1 Å². The summed E-state index contributed by atoms with van der Waals surface area (Å²) < 4.78 is 37.3. The number of rotatable bonds is 7. The number of aryl methyl sites for hydroxylation is 1. The topological polar surface area (TPSA) is 86.7 Å². The lowest BCUT2D eigenvalue weighted by Crippen LogP contribution is -2.35. The van der Waals surface area contributed by atoms with Gasteiger partial charge in [0.25, 0.3) is 0 Å². The van der Waals surface area contributed by atoms with E-state index in [0.29, 0.717) is 5.56 Å². The van der Waals surface area contributed by atoms with Crippen LogP contribution in [0.5, 0.6) is 0 Å². The zero-order valence-corrected chi connectivity index (χ0v) is 17.4. The third-order valence-electron chi connectivity index (χ3n) is 5.20. The first-order valence-corrected chi connectivity index (χ1v) is 11.1. The van der Waals surface area contributed by atoms with Crippen molar-refractivity contribution >= 4 is 21.8 Å². The molecule has 1 aliphatic rings. The second-order valence-electron chi connectivity index (χ2n) is 6.98. The molecule has 1 fully saturated rings. The van der Waals surface area contributed by atoms with E-state index in [2.05, 4.69) is 0 Å². The maximum atomic E-state index is 13.5. The van der Waals surface area contributed by atoms with E-state index >= 15 is 0 Å². The van der Waals surface area contributed by atoms with Crippen LogP contribution in [0.1, 0.15) is 30.9 Å². The van der Waals surface area contributed by atoms with Gasteiger partial charge in [-0.25, -0.2) is 8.42 Å². The number of carbonyl (C=O) groups is 2. The Morgan fingerprint density at radius 2 is 1.41 bits per heavy atom. The lowest BCUT2D eigenvalue weighted by Gasteiger charge is -2.15. The summed E-state index contributed by atoms with van der Waals surface area (Å²) in [5.74, 6) is -2.62. The molecule has 2 aromatic rings. The van der Waals surface area contributed by atoms with Crippen LogP contribution in [0.25, 0.3) is 0 Å². The van der Waals surface area contributed by atoms with Crippen LogP contribution >= 0.6 is 0 Å². The number of esters is 2. The molecule has 3 rings (SSSR count). The van der Waals surface area contributed by atoms with Crippen molar-refractivity contribution in [2.75, 3.05) is 13.2 Å². The van der Waals surface area contributed by atoms with Crippen LogP contribution in [0.3, 0.4) is 0 Å². The zero-order valence-electron chi connectivity index (χ0n) is 16.6. The highest BCUT2D eigenvalue weighted by Crippen LogP contribution is 2.65. The van der Waals surface area contributed by atoms with Gasteiger partial charge in [0.1, 0.15) is 5.25 Å². The summed E-state index contributed by atoms with van der Waals surface area (Å²) in [5, 5.41) is -1.29. The van der Waals surface area contributed by atoms with Gasteiger partial charge in [0.2, 0.25) is 0 Å². The van der Waals surface area contributed by atoms with Crippen LogP contribution in [0.15, 0.2) is 59.5 Å². The van der Waals surface area contributed by atoms with Crippen molar-refractivity contribution in [2.45, 2.75) is 36.8 Å². The summed E-state index contributed by atoms with van der Waals surface area (Å²) in [7, 11) is -4.01. The molecule has 154 valence electrons. The van der Waals surface area contributed by atoms with Crippen LogP contribution in [0.4, 0.5) is 0 Å². The molecular weight excluding hydrogens is 392 g/mol. The first-order chi connectivity index (χ1) is 13.8. The highest BCUT2D eigenvalue weighted by Gasteiger charge is 2.81. The first-order valence-electron chi connectivity index (χ1n) is 9.51. The van der Waals surface area contributed by atoms with Crippen molar-refractivity contribution in [2.24, 2.45) is 5.41 Å². The molecule has 1 saturated carbocycles. The van der Waals surface area contributed by atoms with E-state index in [1.165, 1.54) is 12.1 Å². The molecule has 1 aliphatic carbocycles. The Bertz CT molecular complexity index is 977. The quantitative estimate of drug-likeness (QED) is 0.509. The fourth-order valence-corrected chi connectivity index (χ4v) is 6.13. The zero-order chi connectivity index (χ0) is 21.2. The molecule has 0 amide bonds. The maximum Gasteiger partial charge on any atom is 0.325 e. The average Bonchev–Trinajstić information content (AvgIpc) is 3.42. The van der Waals surface area contributed by atoms with E-state index in [9.17, 15) is 18.0 Å². The van der Waals surface area contributed by atoms with Crippen molar-refractivity contribution in [1.82, 2.24) is 0 Å². The summed E-state index contributed by atoms with van der Waals surface area (Å²) in [6.07, 6.45) is 0. The van der Waals surface area contributed by atoms with Gasteiger partial charge in [-0.3, -0.25) is 9.59 Å². The Balaban J connectivity index is 2.19. The minimum absolute atomic E-state index is 0.0265. The van der Waals surface area contributed by atoms with Gasteiger partial charge >= 0.3 is 11.9 Å². The predicted molar refractivity (Wildman–Crippen MR) is 107 cm³/mol. The van der Waals surface area contributed by atoms with Crippen molar-refractivity contribution in [3.8, 4) is 0 Å². The number of carbonyl (C=O) groups excluding carboxylic acids is 2. The molecule has 2 atom stereocenters. The van der Waals surface area contributed by atoms with Gasteiger partial charge in [0.15, 0.2) is 15.3 Å². The Labute approximate surface area is 170 Å². The second-order valence-corrected chi connectivity index (χ2v) is 9.05. The molecule has 7 heteroatoms. The van der Waals surface area contributed by atoms with Gasteiger partial charge in [-0.05, 0) is 38.5 Å². The first kappa shape index (κ1) is 21.0. The fourth-order valence-electron chi connectivity index (χ4n) is 3.82. The Morgan fingerprint density at radius 3 is 1.90 bits per heavy atom. The van der Waals surface area contributed by atoms with Crippen molar-refractivity contribution in [3.63, 3.8) is 0 Å². The second kappa shape index (κ2) is 7.99. The Kier molecular flexibility index (Phi) is 5.80. The summed E-state index contributed by atoms with van der Waals surface area (Å²) in [5.41, 5.74) is -0.355. The van der Waals surface area contributed by atoms with Crippen molar-refractivity contribution < 1.29 is 27.5 Å². The van der Waals surface area contributed by atoms with Crippen LogP contribution in [0, 0.1) is 12.3 Å². The summed E-state index contributed by atoms with van der Waals surface area (Å²) >= 11 is 0. The van der Waals surface area contributed by atoms with Crippen LogP contribution in [-0.2, 0) is 28.9 Å². The molecule has 0 N–H and O–H groups in total. The largest absolute Gasteiger partial charge is 0.465 e. The number of ether oxygens (including phenoxy) is 2. The molecule has 0 radical (unpaired) electrons. The highest BCUT2D eigenvalue weighted by molar-refractivity contribution is 7.92. The number of benzene rings is 2. The molecule has 0 spiro atoms. The molecule has 29 heavy (non-hydrogen) atoms. The van der Waals surface area contributed by atoms with Crippen molar-refractivity contribution in [1.29, 1.82) is 0 Å². The molecule has 0 heterocycles. The predicted octanol–water partition coefficient (Wildman–Crippen LogP) is 3.05. The smallest absolute Gasteiger partial charge is 0.325 e. The molecule has 0 unspecified atom stereocenters. The van der Waals surface area contributed by atoms with Gasteiger partial charge in [0, 0.05) is 5.92 Å². The van der Waals surface area contributed by atoms with E-state index in [1.54, 1.807) is 44.2 Å². The van der Waals surface area contributed by atoms with Crippen molar-refractivity contribution in [3.05, 3.63) is 65.7 Å². The fraction of sp³-hybridized carbons (Fsp3) is 0.364. The Hall–Kier alpha value is -2.67. The standard InChI is InChI=1S/C22H24O6S/c1-4-27-20(23)22(21(24)28-5-2)18(16-13-11-15(3)12-14-16)19(22)29(25,26)17-9-7-6-8-10-17/h6-14,18-19H,4-5H2,1-3H3/t18-,19+/m1/s1. The minimum Gasteiger partial charge on any atom is -0.465 e. The average molecular weight is 416 g/mol. The van der Waals surface area contributed by atoms with Gasteiger partial charge in [-0.2, -0.15) is 0 Å². The number of sulfone groups is 1. The van der Waals surface area contributed by atoms with Gasteiger partial charge < -0.3 is 9.47 Å². The molecule has 0 aromatic heterocycles. The van der Waals surface area contributed by atoms with Gasteiger partial charge in [-0.15, -0.1) is 0 Å². The lowest BCUT2D eigenvalue weighted by atomic mass is 9.98. The molecule has 0 bridgehead atoms. The molecule has 6 nitrogen and oxygen atoms in total. The normalized spacial score (nSPS) is 20.0. The number of hydrogen-bond acceptors (Lipinski definition) is 6.